The smallest absolute Gasteiger partial charge is 0.155 e. The first-order chi connectivity index (χ1) is 3.81. The molecule has 0 saturated carbocycles. The van der Waals surface area contributed by atoms with Crippen molar-refractivity contribution in [3.05, 3.63) is 12.7 Å². The van der Waals surface area contributed by atoms with Crippen LogP contribution in [0.5, 0.6) is 0 Å². The number of hydrogen-bond acceptors (Lipinski definition) is 1. The van der Waals surface area contributed by atoms with E-state index in [-0.39, 0.29) is 5.78 Å². The summed E-state index contributed by atoms with van der Waals surface area (Å²) in [5.74, 6) is 0.129. The molecular formula is C6H9BrO. The van der Waals surface area contributed by atoms with Crippen molar-refractivity contribution in [1.29, 1.82) is 0 Å². The van der Waals surface area contributed by atoms with Crippen molar-refractivity contribution in [1.82, 2.24) is 0 Å². The Balaban J connectivity index is 3.11. The monoisotopic (exact) mass is 176 g/mol. The topological polar surface area (TPSA) is 17.1 Å². The first-order valence-corrected chi connectivity index (χ1v) is 3.64. The third kappa shape index (κ3) is 4.06. The van der Waals surface area contributed by atoms with Crippen LogP contribution in [-0.4, -0.2) is 11.1 Å². The second-order valence-electron chi connectivity index (χ2n) is 1.46. The van der Waals surface area contributed by atoms with E-state index in [0.29, 0.717) is 6.42 Å². The quantitative estimate of drug-likeness (QED) is 0.473. The Labute approximate surface area is 57.9 Å². The highest BCUT2D eigenvalue weighted by molar-refractivity contribution is 9.09. The first-order valence-electron chi connectivity index (χ1n) is 2.52. The largest absolute Gasteiger partial charge is 0.295 e. The molecule has 0 atom stereocenters. The van der Waals surface area contributed by atoms with Crippen molar-refractivity contribution in [3.8, 4) is 0 Å². The van der Waals surface area contributed by atoms with Gasteiger partial charge in [-0.25, -0.2) is 0 Å². The highest BCUT2D eigenvalue weighted by Crippen LogP contribution is 1.94. The Bertz CT molecular complexity index is 88.5. The number of allylic oxidation sites excluding steroid dienone is 1. The van der Waals surface area contributed by atoms with Crippen molar-refractivity contribution in [2.45, 2.75) is 12.8 Å². The van der Waals surface area contributed by atoms with Gasteiger partial charge >= 0.3 is 0 Å². The standard InChI is InChI=1S/C6H9BrO/c1-2-6(8)4-3-5-7/h2H,1,3-5H2. The van der Waals surface area contributed by atoms with Crippen molar-refractivity contribution in [2.24, 2.45) is 0 Å². The number of hydrogen-bond donors (Lipinski definition) is 0. The second-order valence-corrected chi connectivity index (χ2v) is 2.26. The van der Waals surface area contributed by atoms with Crippen LogP contribution in [0.4, 0.5) is 0 Å². The fourth-order valence-electron chi connectivity index (χ4n) is 0.343. The number of rotatable bonds is 4. The van der Waals surface area contributed by atoms with Crippen LogP contribution < -0.4 is 0 Å². The van der Waals surface area contributed by atoms with Crippen LogP contribution in [0.1, 0.15) is 12.8 Å². The first kappa shape index (κ1) is 7.89. The molecule has 0 radical (unpaired) electrons. The van der Waals surface area contributed by atoms with Gasteiger partial charge in [0.2, 0.25) is 0 Å². The molecular weight excluding hydrogens is 168 g/mol. The Morgan fingerprint density at radius 1 is 1.75 bits per heavy atom. The number of alkyl halides is 1. The van der Waals surface area contributed by atoms with Crippen molar-refractivity contribution in [3.63, 3.8) is 0 Å². The van der Waals surface area contributed by atoms with Gasteiger partial charge in [0, 0.05) is 11.8 Å². The summed E-state index contributed by atoms with van der Waals surface area (Å²) < 4.78 is 0. The minimum Gasteiger partial charge on any atom is -0.295 e. The average Bonchev–Trinajstić information content (AvgIpc) is 1.83. The van der Waals surface area contributed by atoms with Crippen molar-refractivity contribution < 1.29 is 4.79 Å². The molecule has 0 N–H and O–H groups in total. The summed E-state index contributed by atoms with van der Waals surface area (Å²) in [6.07, 6.45) is 2.89. The molecule has 0 spiro atoms. The van der Waals surface area contributed by atoms with E-state index in [1.807, 2.05) is 0 Å². The molecule has 0 saturated heterocycles. The van der Waals surface area contributed by atoms with Gasteiger partial charge in [0.1, 0.15) is 0 Å². The van der Waals surface area contributed by atoms with Crippen LogP contribution in [0.25, 0.3) is 0 Å². The van der Waals surface area contributed by atoms with Gasteiger partial charge in [-0.2, -0.15) is 0 Å². The third-order valence-electron chi connectivity index (χ3n) is 0.784. The molecule has 0 unspecified atom stereocenters. The Kier molecular flexibility index (Phi) is 4.97. The van der Waals surface area contributed by atoms with Gasteiger partial charge in [0.25, 0.3) is 0 Å². The molecule has 0 fully saturated rings. The predicted octanol–water partition coefficient (Wildman–Crippen LogP) is 1.92. The molecule has 0 aromatic carbocycles. The predicted molar refractivity (Wildman–Crippen MR) is 38.2 cm³/mol. The number of ketones is 1. The Morgan fingerprint density at radius 3 is 2.75 bits per heavy atom. The Hall–Kier alpha value is -0.110. The number of carbonyl (C=O) groups excluding carboxylic acids is 1. The summed E-state index contributed by atoms with van der Waals surface area (Å²) in [5.41, 5.74) is 0. The van der Waals surface area contributed by atoms with Crippen LogP contribution in [0.15, 0.2) is 12.7 Å². The summed E-state index contributed by atoms with van der Waals surface area (Å²) in [5, 5.41) is 0.895. The van der Waals surface area contributed by atoms with E-state index in [4.69, 9.17) is 0 Å². The van der Waals surface area contributed by atoms with Gasteiger partial charge in [-0.05, 0) is 12.5 Å². The molecule has 0 bridgehead atoms. The lowest BCUT2D eigenvalue weighted by atomic mass is 10.2. The molecule has 0 aliphatic heterocycles. The van der Waals surface area contributed by atoms with E-state index in [1.54, 1.807) is 0 Å². The maximum atomic E-state index is 10.4. The minimum atomic E-state index is 0.129. The zero-order valence-electron chi connectivity index (χ0n) is 4.69. The second kappa shape index (κ2) is 5.04. The maximum Gasteiger partial charge on any atom is 0.155 e. The highest BCUT2D eigenvalue weighted by atomic mass is 79.9. The SMILES string of the molecule is C=CC(=O)CCCBr. The summed E-state index contributed by atoms with van der Waals surface area (Å²) >= 11 is 3.22. The molecule has 0 aliphatic rings. The van der Waals surface area contributed by atoms with Crippen LogP contribution in [0.2, 0.25) is 0 Å². The highest BCUT2D eigenvalue weighted by Gasteiger charge is 1.91. The van der Waals surface area contributed by atoms with Crippen LogP contribution in [0, 0.1) is 0 Å². The molecule has 1 nitrogen and oxygen atoms in total. The van der Waals surface area contributed by atoms with E-state index in [0.717, 1.165) is 11.8 Å². The summed E-state index contributed by atoms with van der Waals surface area (Å²) in [6.45, 7) is 3.35. The van der Waals surface area contributed by atoms with E-state index in [9.17, 15) is 4.79 Å². The summed E-state index contributed by atoms with van der Waals surface area (Å²) in [4.78, 5) is 10.4. The number of carbonyl (C=O) groups is 1. The lowest BCUT2D eigenvalue weighted by molar-refractivity contribution is -0.114. The zero-order valence-corrected chi connectivity index (χ0v) is 6.28. The molecule has 46 valence electrons. The molecule has 0 heterocycles. The minimum absolute atomic E-state index is 0.129. The van der Waals surface area contributed by atoms with Gasteiger partial charge < -0.3 is 0 Å². The maximum absolute atomic E-state index is 10.4. The molecule has 2 heteroatoms. The molecule has 0 aromatic heterocycles. The van der Waals surface area contributed by atoms with Gasteiger partial charge in [-0.3, -0.25) is 4.79 Å². The lowest BCUT2D eigenvalue weighted by Gasteiger charge is -1.87. The van der Waals surface area contributed by atoms with Crippen LogP contribution in [-0.2, 0) is 4.79 Å². The number of halogens is 1. The zero-order chi connectivity index (χ0) is 6.41. The van der Waals surface area contributed by atoms with Crippen LogP contribution in [0.3, 0.4) is 0 Å². The molecule has 0 rings (SSSR count). The van der Waals surface area contributed by atoms with Crippen molar-refractivity contribution in [2.75, 3.05) is 5.33 Å². The third-order valence-corrected chi connectivity index (χ3v) is 1.35. The normalized spacial score (nSPS) is 8.62. The van der Waals surface area contributed by atoms with Gasteiger partial charge in [0.05, 0.1) is 0 Å². The Morgan fingerprint density at radius 2 is 2.38 bits per heavy atom. The van der Waals surface area contributed by atoms with Crippen LogP contribution >= 0.6 is 15.9 Å². The van der Waals surface area contributed by atoms with E-state index >= 15 is 0 Å². The van der Waals surface area contributed by atoms with Gasteiger partial charge in [0.15, 0.2) is 5.78 Å². The molecule has 0 aliphatic carbocycles. The fourth-order valence-corrected chi connectivity index (χ4v) is 0.623. The summed E-state index contributed by atoms with van der Waals surface area (Å²) in [7, 11) is 0. The molecule has 0 amide bonds. The molecule has 8 heavy (non-hydrogen) atoms. The van der Waals surface area contributed by atoms with E-state index in [1.165, 1.54) is 6.08 Å². The van der Waals surface area contributed by atoms with Gasteiger partial charge in [-0.15, -0.1) is 0 Å². The van der Waals surface area contributed by atoms with Crippen molar-refractivity contribution >= 4 is 21.7 Å². The fraction of sp³-hybridized carbons (Fsp3) is 0.500. The molecule has 0 aromatic rings. The summed E-state index contributed by atoms with van der Waals surface area (Å²) in [6, 6.07) is 0. The lowest BCUT2D eigenvalue weighted by Crippen LogP contribution is -1.90. The van der Waals surface area contributed by atoms with E-state index < -0.39 is 0 Å². The average molecular weight is 177 g/mol. The van der Waals surface area contributed by atoms with E-state index in [2.05, 4.69) is 22.5 Å². The van der Waals surface area contributed by atoms with Gasteiger partial charge in [-0.1, -0.05) is 22.5 Å².